The van der Waals surface area contributed by atoms with Gasteiger partial charge >= 0.3 is 0 Å². The van der Waals surface area contributed by atoms with Crippen molar-refractivity contribution < 1.29 is 4.84 Å². The zero-order valence-electron chi connectivity index (χ0n) is 6.13. The molecule has 0 bridgehead atoms. The molecule has 0 aliphatic carbocycles. The highest BCUT2D eigenvalue weighted by atomic mass is 16.7. The van der Waals surface area contributed by atoms with Crippen molar-refractivity contribution >= 4 is 5.71 Å². The number of oxime groups is 1. The quantitative estimate of drug-likeness (QED) is 0.568. The molecule has 0 unspecified atom stereocenters. The molecule has 0 aromatic carbocycles. The molecule has 2 heteroatoms. The Hall–Kier alpha value is -0.530. The molecule has 54 valence electrons. The lowest BCUT2D eigenvalue weighted by atomic mass is 10.0. The van der Waals surface area contributed by atoms with E-state index < -0.39 is 5.60 Å². The number of hydrogen-bond acceptors (Lipinski definition) is 2. The van der Waals surface area contributed by atoms with Crippen LogP contribution in [0.5, 0.6) is 0 Å². The van der Waals surface area contributed by atoms with Crippen LogP contribution in [0.15, 0.2) is 5.16 Å². The number of rotatable bonds is 2. The van der Waals surface area contributed by atoms with E-state index in [0.717, 1.165) is 18.6 Å². The summed E-state index contributed by atoms with van der Waals surface area (Å²) in [5.41, 5.74) is -0.0719. The van der Waals surface area contributed by atoms with Crippen molar-refractivity contribution in [3.05, 3.63) is 13.8 Å². The number of nitrogens with zero attached hydrogens (tertiary/aromatic N) is 1. The molecule has 0 spiro atoms. The van der Waals surface area contributed by atoms with E-state index in [2.05, 4.69) is 12.1 Å². The van der Waals surface area contributed by atoms with Crippen LogP contribution in [0.4, 0.5) is 0 Å². The van der Waals surface area contributed by atoms with Crippen LogP contribution in [0.25, 0.3) is 0 Å². The van der Waals surface area contributed by atoms with Crippen molar-refractivity contribution in [2.75, 3.05) is 0 Å². The van der Waals surface area contributed by atoms with Crippen LogP contribution in [-0.2, 0) is 4.84 Å². The van der Waals surface area contributed by atoms with Gasteiger partial charge < -0.3 is 4.84 Å². The van der Waals surface area contributed by atoms with Crippen LogP contribution in [0, 0.1) is 13.8 Å². The van der Waals surface area contributed by atoms with Gasteiger partial charge in [0.25, 0.3) is 0 Å². The second-order valence-electron chi connectivity index (χ2n) is 2.63. The first-order valence-electron chi connectivity index (χ1n) is 3.46. The van der Waals surface area contributed by atoms with Gasteiger partial charge in [-0.3, -0.25) is 0 Å². The van der Waals surface area contributed by atoms with Crippen LogP contribution in [0.3, 0.4) is 0 Å². The lowest BCUT2D eigenvalue weighted by Crippen LogP contribution is -2.19. The summed E-state index contributed by atoms with van der Waals surface area (Å²) in [5, 5.41) is 3.74. The second-order valence-corrected chi connectivity index (χ2v) is 2.63. The van der Waals surface area contributed by atoms with E-state index in [1.165, 1.54) is 0 Å². The Morgan fingerprint density at radius 2 is 2.40 bits per heavy atom. The van der Waals surface area contributed by atoms with Gasteiger partial charge in [0.1, 0.15) is 5.60 Å². The van der Waals surface area contributed by atoms with Crippen molar-refractivity contribution in [3.8, 4) is 0 Å². The maximum absolute atomic E-state index is 5.44. The molecule has 0 atom stereocenters. The summed E-state index contributed by atoms with van der Waals surface area (Å²) in [4.78, 5) is 4.75. The van der Waals surface area contributed by atoms with Gasteiger partial charge in [0, 0.05) is 20.3 Å². The van der Waals surface area contributed by atoms with Gasteiger partial charge in [-0.15, -0.1) is 0 Å². The molecule has 0 saturated carbocycles. The first-order valence-corrected chi connectivity index (χ1v) is 3.46. The van der Waals surface area contributed by atoms with Crippen molar-refractivity contribution in [2.45, 2.75) is 31.8 Å². The first-order chi connectivity index (χ1) is 4.64. The largest absolute Gasteiger partial charge is 0.388 e. The summed E-state index contributed by atoms with van der Waals surface area (Å²) >= 11 is 0. The molecule has 1 aliphatic heterocycles. The summed E-state index contributed by atoms with van der Waals surface area (Å²) < 4.78 is 0. The highest BCUT2D eigenvalue weighted by Crippen LogP contribution is 2.22. The van der Waals surface area contributed by atoms with Gasteiger partial charge in [-0.2, -0.15) is 0 Å². The Balaban J connectivity index is 2.39. The standard InChI is InChI=1S/C8H11NO/c1-4-5-7-6-8(2,3)10-9-7/h2-3H,4-6H2,1H3. The first kappa shape index (κ1) is 7.58. The van der Waals surface area contributed by atoms with Gasteiger partial charge in [0.05, 0.1) is 5.71 Å². The van der Waals surface area contributed by atoms with Gasteiger partial charge in [0.2, 0.25) is 0 Å². The van der Waals surface area contributed by atoms with E-state index in [1.54, 1.807) is 0 Å². The molecule has 0 N–H and O–H groups in total. The predicted octanol–water partition coefficient (Wildman–Crippen LogP) is 1.72. The second kappa shape index (κ2) is 2.60. The van der Waals surface area contributed by atoms with Gasteiger partial charge in [-0.05, 0) is 6.42 Å². The molecule has 0 aromatic heterocycles. The summed E-state index contributed by atoms with van der Waals surface area (Å²) in [5.74, 6) is 0. The van der Waals surface area contributed by atoms with E-state index in [4.69, 9.17) is 18.7 Å². The molecule has 0 amide bonds. The topological polar surface area (TPSA) is 21.6 Å². The third kappa shape index (κ3) is 1.72. The van der Waals surface area contributed by atoms with Gasteiger partial charge in [0.15, 0.2) is 0 Å². The van der Waals surface area contributed by atoms with Crippen molar-refractivity contribution in [3.63, 3.8) is 0 Å². The Morgan fingerprint density at radius 3 is 2.80 bits per heavy atom. The summed E-state index contributed by atoms with van der Waals surface area (Å²) in [6.07, 6.45) is 2.54. The van der Waals surface area contributed by atoms with Crippen LogP contribution in [0.2, 0.25) is 0 Å². The third-order valence-corrected chi connectivity index (χ3v) is 1.36. The Bertz CT molecular complexity index is 149. The lowest BCUT2D eigenvalue weighted by molar-refractivity contribution is 0.0549. The van der Waals surface area contributed by atoms with E-state index in [0.29, 0.717) is 6.42 Å². The third-order valence-electron chi connectivity index (χ3n) is 1.36. The molecule has 0 aromatic rings. The monoisotopic (exact) mass is 137 g/mol. The van der Waals surface area contributed by atoms with Crippen molar-refractivity contribution in [1.82, 2.24) is 0 Å². The van der Waals surface area contributed by atoms with Crippen molar-refractivity contribution in [1.29, 1.82) is 0 Å². The average molecular weight is 137 g/mol. The molecule has 4 radical (unpaired) electrons. The summed E-state index contributed by atoms with van der Waals surface area (Å²) in [7, 11) is 0. The highest BCUT2D eigenvalue weighted by Gasteiger charge is 2.28. The molecule has 0 saturated heterocycles. The Kier molecular flexibility index (Phi) is 1.97. The molecule has 1 rings (SSSR count). The molecule has 1 heterocycles. The maximum atomic E-state index is 5.44. The predicted molar refractivity (Wildman–Crippen MR) is 39.4 cm³/mol. The van der Waals surface area contributed by atoms with E-state index in [1.807, 2.05) is 0 Å². The van der Waals surface area contributed by atoms with Crippen LogP contribution < -0.4 is 0 Å². The zero-order chi connectivity index (χ0) is 7.61. The normalized spacial score (nSPS) is 22.1. The Labute approximate surface area is 62.3 Å². The minimum Gasteiger partial charge on any atom is -0.388 e. The van der Waals surface area contributed by atoms with Crippen LogP contribution in [-0.4, -0.2) is 11.3 Å². The van der Waals surface area contributed by atoms with Crippen molar-refractivity contribution in [2.24, 2.45) is 5.16 Å². The van der Waals surface area contributed by atoms with Crippen LogP contribution in [0.1, 0.15) is 26.2 Å². The minimum atomic E-state index is -1.04. The highest BCUT2D eigenvalue weighted by molar-refractivity contribution is 5.86. The molecule has 0 fully saturated rings. The fourth-order valence-electron chi connectivity index (χ4n) is 0.956. The van der Waals surface area contributed by atoms with Crippen LogP contribution >= 0.6 is 0 Å². The van der Waals surface area contributed by atoms with E-state index >= 15 is 0 Å². The molecular formula is C8H11NO. The minimum absolute atomic E-state index is 0.556. The molecular weight excluding hydrogens is 126 g/mol. The molecule has 10 heavy (non-hydrogen) atoms. The van der Waals surface area contributed by atoms with Gasteiger partial charge in [-0.25, -0.2) is 0 Å². The van der Waals surface area contributed by atoms with E-state index in [9.17, 15) is 0 Å². The lowest BCUT2D eigenvalue weighted by Gasteiger charge is -2.11. The summed E-state index contributed by atoms with van der Waals surface area (Å²) in [6, 6.07) is 0. The van der Waals surface area contributed by atoms with Gasteiger partial charge in [-0.1, -0.05) is 18.5 Å². The molecule has 1 aliphatic rings. The fourth-order valence-corrected chi connectivity index (χ4v) is 0.956. The SMILES string of the molecule is [CH]C1([CH])CC(CCC)=NO1. The smallest absolute Gasteiger partial charge is 0.150 e. The summed E-state index contributed by atoms with van der Waals surface area (Å²) in [6.45, 7) is 13.0. The number of hydrogen-bond donors (Lipinski definition) is 0. The maximum Gasteiger partial charge on any atom is 0.150 e. The Morgan fingerprint density at radius 1 is 1.70 bits per heavy atom. The fraction of sp³-hybridized carbons (Fsp3) is 0.625. The average Bonchev–Trinajstić information content (AvgIpc) is 2.12. The zero-order valence-corrected chi connectivity index (χ0v) is 6.13. The van der Waals surface area contributed by atoms with E-state index in [-0.39, 0.29) is 0 Å². The molecule has 2 nitrogen and oxygen atoms in total.